The van der Waals surface area contributed by atoms with Crippen molar-refractivity contribution in [3.05, 3.63) is 0 Å². The molecule has 0 aliphatic carbocycles. The monoisotopic (exact) mass is 125 g/mol. The molecule has 52 valence electrons. The molecule has 9 heavy (non-hydrogen) atoms. The lowest BCUT2D eigenvalue weighted by molar-refractivity contribution is 0.296. The molecule has 0 spiro atoms. The van der Waals surface area contributed by atoms with Crippen LogP contribution in [0.25, 0.3) is 0 Å². The van der Waals surface area contributed by atoms with Crippen molar-refractivity contribution in [1.82, 2.24) is 4.90 Å². The predicted octanol–water partition coefficient (Wildman–Crippen LogP) is 1.49. The predicted molar refractivity (Wildman–Crippen MR) is 38.4 cm³/mol. The van der Waals surface area contributed by atoms with Crippen LogP contribution in [0.5, 0.6) is 0 Å². The summed E-state index contributed by atoms with van der Waals surface area (Å²) in [5, 5.41) is 0. The van der Waals surface area contributed by atoms with Gasteiger partial charge in [-0.2, -0.15) is 0 Å². The lowest BCUT2D eigenvalue weighted by atomic mass is 9.91. The molecule has 0 aromatic carbocycles. The minimum atomic E-state index is 0.940. The summed E-state index contributed by atoms with van der Waals surface area (Å²) in [6.07, 6.45) is 4.38. The second kappa shape index (κ2) is 1.72. The first-order valence-corrected chi connectivity index (χ1v) is 4.01. The third-order valence-electron chi connectivity index (χ3n) is 3.20. The summed E-state index contributed by atoms with van der Waals surface area (Å²) in [7, 11) is 2.28. The second-order valence-corrected chi connectivity index (χ2v) is 3.68. The van der Waals surface area contributed by atoms with E-state index in [1.54, 1.807) is 0 Å². The zero-order valence-electron chi connectivity index (χ0n) is 6.30. The second-order valence-electron chi connectivity index (χ2n) is 3.68. The molecule has 0 radical (unpaired) electrons. The Morgan fingerprint density at radius 1 is 1.33 bits per heavy atom. The molecule has 0 aromatic heterocycles. The van der Waals surface area contributed by atoms with Crippen LogP contribution in [0, 0.1) is 5.92 Å². The van der Waals surface area contributed by atoms with E-state index in [4.69, 9.17) is 0 Å². The van der Waals surface area contributed by atoms with Crippen molar-refractivity contribution < 1.29 is 0 Å². The highest BCUT2D eigenvalue weighted by Gasteiger charge is 2.41. The molecule has 2 heterocycles. The van der Waals surface area contributed by atoms with Crippen LogP contribution in [0.2, 0.25) is 0 Å². The quantitative estimate of drug-likeness (QED) is 0.474. The van der Waals surface area contributed by atoms with E-state index in [9.17, 15) is 0 Å². The molecule has 0 N–H and O–H groups in total. The minimum absolute atomic E-state index is 0.940. The molecule has 2 fully saturated rings. The Bertz CT molecular complexity index is 122. The van der Waals surface area contributed by atoms with E-state index in [0.29, 0.717) is 0 Å². The Labute approximate surface area is 57.0 Å². The summed E-state index contributed by atoms with van der Waals surface area (Å²) in [4.78, 5) is 2.57. The fraction of sp³-hybridized carbons (Fsp3) is 1.00. The van der Waals surface area contributed by atoms with Crippen LogP contribution >= 0.6 is 0 Å². The maximum atomic E-state index is 2.57. The fourth-order valence-corrected chi connectivity index (χ4v) is 2.60. The molecule has 2 saturated heterocycles. The van der Waals surface area contributed by atoms with Gasteiger partial charge in [-0.25, -0.2) is 0 Å². The Hall–Kier alpha value is -0.0400. The summed E-state index contributed by atoms with van der Waals surface area (Å²) in [6, 6.07) is 1.89. The van der Waals surface area contributed by atoms with Crippen LogP contribution in [0.15, 0.2) is 0 Å². The summed E-state index contributed by atoms with van der Waals surface area (Å²) < 4.78 is 0. The van der Waals surface area contributed by atoms with Gasteiger partial charge in [-0.1, -0.05) is 6.92 Å². The van der Waals surface area contributed by atoms with Gasteiger partial charge in [-0.3, -0.25) is 0 Å². The van der Waals surface area contributed by atoms with E-state index >= 15 is 0 Å². The maximum Gasteiger partial charge on any atom is 0.0122 e. The van der Waals surface area contributed by atoms with Crippen molar-refractivity contribution in [2.24, 2.45) is 5.92 Å². The largest absolute Gasteiger partial charge is 0.300 e. The summed E-state index contributed by atoms with van der Waals surface area (Å²) >= 11 is 0. The summed E-state index contributed by atoms with van der Waals surface area (Å²) in [5.41, 5.74) is 0. The Morgan fingerprint density at radius 3 is 2.33 bits per heavy atom. The molecule has 2 bridgehead atoms. The first-order valence-electron chi connectivity index (χ1n) is 4.01. The molecule has 2 aliphatic rings. The molecule has 2 rings (SSSR count). The van der Waals surface area contributed by atoms with Crippen molar-refractivity contribution in [2.75, 3.05) is 7.05 Å². The molecule has 2 aliphatic heterocycles. The van der Waals surface area contributed by atoms with Crippen LogP contribution in [0.3, 0.4) is 0 Å². The molecule has 3 atom stereocenters. The van der Waals surface area contributed by atoms with Crippen LogP contribution in [0.1, 0.15) is 26.2 Å². The molecule has 0 unspecified atom stereocenters. The van der Waals surface area contributed by atoms with E-state index in [-0.39, 0.29) is 0 Å². The van der Waals surface area contributed by atoms with E-state index in [2.05, 4.69) is 18.9 Å². The number of hydrogen-bond donors (Lipinski definition) is 0. The third-order valence-corrected chi connectivity index (χ3v) is 3.20. The lowest BCUT2D eigenvalue weighted by Gasteiger charge is -2.16. The number of nitrogens with zero attached hydrogens (tertiary/aromatic N) is 1. The van der Waals surface area contributed by atoms with Crippen molar-refractivity contribution in [1.29, 1.82) is 0 Å². The van der Waals surface area contributed by atoms with Gasteiger partial charge in [0, 0.05) is 12.1 Å². The minimum Gasteiger partial charge on any atom is -0.300 e. The van der Waals surface area contributed by atoms with Crippen molar-refractivity contribution in [2.45, 2.75) is 38.3 Å². The molecule has 0 aromatic rings. The SMILES string of the molecule is C[C@H]1C[C@H]2CC[C@@H]1N2C. The summed E-state index contributed by atoms with van der Waals surface area (Å²) in [6.45, 7) is 2.39. The average Bonchev–Trinajstić information content (AvgIpc) is 2.25. The van der Waals surface area contributed by atoms with Crippen molar-refractivity contribution >= 4 is 0 Å². The zero-order chi connectivity index (χ0) is 6.43. The Balaban J connectivity index is 2.16. The highest BCUT2D eigenvalue weighted by atomic mass is 15.2. The van der Waals surface area contributed by atoms with Gasteiger partial charge in [0.2, 0.25) is 0 Å². The first kappa shape index (κ1) is 5.72. The van der Waals surface area contributed by atoms with Gasteiger partial charge in [-0.05, 0) is 32.2 Å². The van der Waals surface area contributed by atoms with E-state index < -0.39 is 0 Å². The average molecular weight is 125 g/mol. The Morgan fingerprint density at radius 2 is 2.11 bits per heavy atom. The van der Waals surface area contributed by atoms with Gasteiger partial charge in [0.25, 0.3) is 0 Å². The maximum absolute atomic E-state index is 2.57. The van der Waals surface area contributed by atoms with Crippen molar-refractivity contribution in [3.8, 4) is 0 Å². The fourth-order valence-electron chi connectivity index (χ4n) is 2.60. The molecule has 0 amide bonds. The van der Waals surface area contributed by atoms with Gasteiger partial charge in [0.1, 0.15) is 0 Å². The smallest absolute Gasteiger partial charge is 0.0122 e. The first-order chi connectivity index (χ1) is 4.29. The van der Waals surface area contributed by atoms with Gasteiger partial charge in [0.05, 0.1) is 0 Å². The van der Waals surface area contributed by atoms with Crippen LogP contribution in [0.4, 0.5) is 0 Å². The normalized spacial score (nSPS) is 50.7. The molecule has 0 saturated carbocycles. The van der Waals surface area contributed by atoms with Crippen molar-refractivity contribution in [3.63, 3.8) is 0 Å². The van der Waals surface area contributed by atoms with Gasteiger partial charge >= 0.3 is 0 Å². The number of rotatable bonds is 0. The van der Waals surface area contributed by atoms with E-state index in [1.165, 1.54) is 19.3 Å². The third kappa shape index (κ3) is 0.644. The van der Waals surface area contributed by atoms with E-state index in [0.717, 1.165) is 18.0 Å². The van der Waals surface area contributed by atoms with Gasteiger partial charge < -0.3 is 4.90 Å². The molecule has 1 nitrogen and oxygen atoms in total. The van der Waals surface area contributed by atoms with Crippen LogP contribution < -0.4 is 0 Å². The standard InChI is InChI=1S/C8H15N/c1-6-5-7-3-4-8(6)9(7)2/h6-8H,3-5H2,1-2H3/t6-,7+,8-/m0/s1. The molecular weight excluding hydrogens is 110 g/mol. The lowest BCUT2D eigenvalue weighted by Crippen LogP contribution is -2.24. The summed E-state index contributed by atoms with van der Waals surface area (Å²) in [5.74, 6) is 0.980. The van der Waals surface area contributed by atoms with Gasteiger partial charge in [-0.15, -0.1) is 0 Å². The number of hydrogen-bond acceptors (Lipinski definition) is 1. The molecular formula is C8H15N. The topological polar surface area (TPSA) is 3.24 Å². The highest BCUT2D eigenvalue weighted by molar-refractivity contribution is 4.96. The highest BCUT2D eigenvalue weighted by Crippen LogP contribution is 2.39. The van der Waals surface area contributed by atoms with Crippen LogP contribution in [-0.4, -0.2) is 24.0 Å². The number of fused-ring (bicyclic) bond motifs is 2. The molecule has 1 heteroatoms. The van der Waals surface area contributed by atoms with Crippen LogP contribution in [-0.2, 0) is 0 Å². The van der Waals surface area contributed by atoms with Gasteiger partial charge in [0.15, 0.2) is 0 Å². The Kier molecular flexibility index (Phi) is 1.10. The van der Waals surface area contributed by atoms with E-state index in [1.807, 2.05) is 0 Å². The zero-order valence-corrected chi connectivity index (χ0v) is 6.30.